The van der Waals surface area contributed by atoms with Gasteiger partial charge in [0.05, 0.1) is 0 Å². The number of piperidine rings is 1. The van der Waals surface area contributed by atoms with Crippen LogP contribution in [0.1, 0.15) is 63.1 Å². The molecular formula is C19H32N2. The highest BCUT2D eigenvalue weighted by Crippen LogP contribution is 2.23. The van der Waals surface area contributed by atoms with Gasteiger partial charge in [-0.05, 0) is 50.4 Å². The molecular weight excluding hydrogens is 256 g/mol. The highest BCUT2D eigenvalue weighted by molar-refractivity contribution is 5.25. The Kier molecular flexibility index (Phi) is 6.72. The molecule has 1 aromatic rings. The summed E-state index contributed by atoms with van der Waals surface area (Å²) in [5.41, 5.74) is 2.89. The third-order valence-corrected chi connectivity index (χ3v) is 4.91. The largest absolute Gasteiger partial charge is 0.312 e. The number of aryl methyl sites for hydroxylation is 1. The lowest BCUT2D eigenvalue weighted by Gasteiger charge is -2.37. The van der Waals surface area contributed by atoms with Crippen LogP contribution in [0, 0.1) is 0 Å². The third kappa shape index (κ3) is 4.55. The number of rotatable bonds is 7. The summed E-state index contributed by atoms with van der Waals surface area (Å²) in [6.07, 6.45) is 7.84. The van der Waals surface area contributed by atoms with Crippen LogP contribution >= 0.6 is 0 Å². The summed E-state index contributed by atoms with van der Waals surface area (Å²) in [7, 11) is 2.09. The zero-order chi connectivity index (χ0) is 15.1. The van der Waals surface area contributed by atoms with E-state index < -0.39 is 0 Å². The van der Waals surface area contributed by atoms with Gasteiger partial charge >= 0.3 is 0 Å². The molecule has 1 aliphatic rings. The highest BCUT2D eigenvalue weighted by atomic mass is 15.2. The number of nitrogens with one attached hydrogen (secondary N) is 1. The second kappa shape index (κ2) is 8.55. The van der Waals surface area contributed by atoms with Crippen LogP contribution < -0.4 is 5.32 Å². The molecule has 0 saturated carbocycles. The molecule has 2 heteroatoms. The van der Waals surface area contributed by atoms with E-state index in [1.165, 1.54) is 56.2 Å². The fourth-order valence-electron chi connectivity index (χ4n) is 3.57. The molecule has 1 aliphatic heterocycles. The van der Waals surface area contributed by atoms with Crippen LogP contribution in [0.2, 0.25) is 0 Å². The van der Waals surface area contributed by atoms with Gasteiger partial charge in [0.2, 0.25) is 0 Å². The molecule has 0 aromatic heterocycles. The molecule has 1 fully saturated rings. The fourth-order valence-corrected chi connectivity index (χ4v) is 3.57. The van der Waals surface area contributed by atoms with Gasteiger partial charge in [0.25, 0.3) is 0 Å². The molecule has 0 radical (unpaired) electrons. The molecule has 1 N–H and O–H groups in total. The molecule has 2 nitrogen and oxygen atoms in total. The van der Waals surface area contributed by atoms with E-state index in [4.69, 9.17) is 0 Å². The number of hydrogen-bond acceptors (Lipinski definition) is 2. The lowest BCUT2D eigenvalue weighted by molar-refractivity contribution is 0.130. The third-order valence-electron chi connectivity index (χ3n) is 4.91. The molecule has 1 saturated heterocycles. The first-order valence-electron chi connectivity index (χ1n) is 8.78. The van der Waals surface area contributed by atoms with Crippen molar-refractivity contribution in [2.75, 3.05) is 20.1 Å². The first-order valence-corrected chi connectivity index (χ1v) is 8.78. The van der Waals surface area contributed by atoms with Crippen LogP contribution in [0.25, 0.3) is 0 Å². The standard InChI is InChI=1S/C19H32N2/c1-4-8-16-10-12-17(13-11-16)19(20-3)15-21-14-7-6-9-18(21)5-2/h10-13,18-20H,4-9,14-15H2,1-3H3. The van der Waals surface area contributed by atoms with Gasteiger partial charge in [-0.2, -0.15) is 0 Å². The predicted molar refractivity (Wildman–Crippen MR) is 91.7 cm³/mol. The maximum atomic E-state index is 3.52. The average molecular weight is 288 g/mol. The summed E-state index contributed by atoms with van der Waals surface area (Å²) >= 11 is 0. The van der Waals surface area contributed by atoms with E-state index in [1.54, 1.807) is 0 Å². The minimum Gasteiger partial charge on any atom is -0.312 e. The fraction of sp³-hybridized carbons (Fsp3) is 0.684. The van der Waals surface area contributed by atoms with Gasteiger partial charge < -0.3 is 5.32 Å². The average Bonchev–Trinajstić information content (AvgIpc) is 2.54. The van der Waals surface area contributed by atoms with Gasteiger partial charge in [-0.1, -0.05) is 51.0 Å². The van der Waals surface area contributed by atoms with Crippen molar-refractivity contribution in [2.24, 2.45) is 0 Å². The zero-order valence-electron chi connectivity index (χ0n) is 14.1. The van der Waals surface area contributed by atoms with Crippen molar-refractivity contribution in [3.8, 4) is 0 Å². The van der Waals surface area contributed by atoms with Crippen LogP contribution in [0.3, 0.4) is 0 Å². The minimum atomic E-state index is 0.452. The van der Waals surface area contributed by atoms with E-state index in [0.717, 1.165) is 12.6 Å². The van der Waals surface area contributed by atoms with Crippen molar-refractivity contribution < 1.29 is 0 Å². The number of hydrogen-bond donors (Lipinski definition) is 1. The Hall–Kier alpha value is -0.860. The minimum absolute atomic E-state index is 0.452. The predicted octanol–water partition coefficient (Wildman–Crippen LogP) is 4.16. The maximum Gasteiger partial charge on any atom is 0.0446 e. The Labute approximate surface area is 130 Å². The normalized spacial score (nSPS) is 21.4. The van der Waals surface area contributed by atoms with Crippen molar-refractivity contribution in [3.05, 3.63) is 35.4 Å². The molecule has 2 atom stereocenters. The van der Waals surface area contributed by atoms with Gasteiger partial charge in [-0.25, -0.2) is 0 Å². The van der Waals surface area contributed by atoms with Crippen molar-refractivity contribution in [1.82, 2.24) is 10.2 Å². The summed E-state index contributed by atoms with van der Waals surface area (Å²) in [5.74, 6) is 0. The van der Waals surface area contributed by atoms with E-state index in [9.17, 15) is 0 Å². The van der Waals surface area contributed by atoms with Crippen LogP contribution in [0.5, 0.6) is 0 Å². The van der Waals surface area contributed by atoms with Gasteiger partial charge in [0.1, 0.15) is 0 Å². The highest BCUT2D eigenvalue weighted by Gasteiger charge is 2.23. The Morgan fingerprint density at radius 1 is 1.19 bits per heavy atom. The summed E-state index contributed by atoms with van der Waals surface area (Å²) in [5, 5.41) is 3.52. The number of benzene rings is 1. The SMILES string of the molecule is CCCc1ccc(C(CN2CCCCC2CC)NC)cc1. The van der Waals surface area contributed by atoms with Gasteiger partial charge in [-0.15, -0.1) is 0 Å². The maximum absolute atomic E-state index is 3.52. The number of likely N-dealkylation sites (tertiary alicyclic amines) is 1. The summed E-state index contributed by atoms with van der Waals surface area (Å²) in [6, 6.07) is 10.5. The van der Waals surface area contributed by atoms with Gasteiger partial charge in [0.15, 0.2) is 0 Å². The molecule has 0 aliphatic carbocycles. The molecule has 21 heavy (non-hydrogen) atoms. The topological polar surface area (TPSA) is 15.3 Å². The summed E-state index contributed by atoms with van der Waals surface area (Å²) in [4.78, 5) is 2.70. The van der Waals surface area contributed by atoms with Crippen LogP contribution in [0.4, 0.5) is 0 Å². The molecule has 0 bridgehead atoms. The second-order valence-corrected chi connectivity index (χ2v) is 6.39. The molecule has 1 aromatic carbocycles. The van der Waals surface area contributed by atoms with Crippen molar-refractivity contribution >= 4 is 0 Å². The quantitative estimate of drug-likeness (QED) is 0.810. The number of nitrogens with zero attached hydrogens (tertiary/aromatic N) is 1. The Bertz CT molecular complexity index is 399. The van der Waals surface area contributed by atoms with E-state index >= 15 is 0 Å². The zero-order valence-corrected chi connectivity index (χ0v) is 14.1. The monoisotopic (exact) mass is 288 g/mol. The first-order chi connectivity index (χ1) is 10.3. The Morgan fingerprint density at radius 2 is 1.95 bits per heavy atom. The van der Waals surface area contributed by atoms with Crippen LogP contribution in [0.15, 0.2) is 24.3 Å². The lowest BCUT2D eigenvalue weighted by Crippen LogP contribution is -2.43. The molecule has 0 amide bonds. The molecule has 2 rings (SSSR count). The van der Waals surface area contributed by atoms with Crippen molar-refractivity contribution in [2.45, 2.75) is 64.5 Å². The van der Waals surface area contributed by atoms with Gasteiger partial charge in [-0.3, -0.25) is 4.90 Å². The van der Waals surface area contributed by atoms with Crippen molar-refractivity contribution in [1.29, 1.82) is 0 Å². The first kappa shape index (κ1) is 16.5. The Morgan fingerprint density at radius 3 is 2.57 bits per heavy atom. The Balaban J connectivity index is 2.01. The van der Waals surface area contributed by atoms with E-state index in [2.05, 4.69) is 55.4 Å². The summed E-state index contributed by atoms with van der Waals surface area (Å²) < 4.78 is 0. The van der Waals surface area contributed by atoms with Crippen molar-refractivity contribution in [3.63, 3.8) is 0 Å². The van der Waals surface area contributed by atoms with E-state index in [0.29, 0.717) is 6.04 Å². The molecule has 1 heterocycles. The van der Waals surface area contributed by atoms with Crippen LogP contribution in [-0.4, -0.2) is 31.1 Å². The van der Waals surface area contributed by atoms with Gasteiger partial charge in [0, 0.05) is 18.6 Å². The summed E-state index contributed by atoms with van der Waals surface area (Å²) in [6.45, 7) is 6.98. The van der Waals surface area contributed by atoms with Crippen LogP contribution in [-0.2, 0) is 6.42 Å². The lowest BCUT2D eigenvalue weighted by atomic mass is 9.97. The molecule has 2 unspecified atom stereocenters. The second-order valence-electron chi connectivity index (χ2n) is 6.39. The molecule has 118 valence electrons. The number of likely N-dealkylation sites (N-methyl/N-ethyl adjacent to an activating group) is 1. The molecule has 0 spiro atoms. The van der Waals surface area contributed by atoms with E-state index in [-0.39, 0.29) is 0 Å². The smallest absolute Gasteiger partial charge is 0.0446 e. The van der Waals surface area contributed by atoms with E-state index in [1.807, 2.05) is 0 Å².